The number of aliphatic carboxylic acids is 1. The van der Waals surface area contributed by atoms with E-state index in [0.29, 0.717) is 0 Å². The molecule has 24 heteroatoms. The van der Waals surface area contributed by atoms with E-state index in [1.54, 1.807) is 0 Å². The number of carboxylic acid groups (broad SMARTS) is 1. The van der Waals surface area contributed by atoms with Gasteiger partial charge in [-0.15, -0.1) is 0 Å². The zero-order valence-electron chi connectivity index (χ0n) is 28.5. The molecule has 3 heterocycles. The Kier molecular flexibility index (Phi) is 16.6. The molecule has 20 atom stereocenters. The number of hydrogen-bond donors (Lipinski definition) is 16. The van der Waals surface area contributed by atoms with Crippen LogP contribution in [-0.4, -0.2) is 237 Å². The first-order chi connectivity index (χ1) is 24.7. The van der Waals surface area contributed by atoms with Crippen molar-refractivity contribution in [1.29, 1.82) is 0 Å². The smallest absolute Gasteiger partial charge is 0.364 e. The van der Waals surface area contributed by atoms with Crippen molar-refractivity contribution in [3.63, 3.8) is 0 Å². The summed E-state index contributed by atoms with van der Waals surface area (Å²) in [7, 11) is 0. The minimum atomic E-state index is -2.93. The first-order valence-electron chi connectivity index (χ1n) is 16.5. The van der Waals surface area contributed by atoms with E-state index in [0.717, 1.165) is 6.92 Å². The summed E-state index contributed by atoms with van der Waals surface area (Å²) in [4.78, 5) is 24.3. The summed E-state index contributed by atoms with van der Waals surface area (Å²) in [5.74, 6) is -5.62. The molecule has 24 nitrogen and oxygen atoms in total. The molecule has 0 saturated carbocycles. The van der Waals surface area contributed by atoms with E-state index in [4.69, 9.17) is 28.4 Å². The number of carboxylic acids is 1. The van der Waals surface area contributed by atoms with Gasteiger partial charge >= 0.3 is 5.97 Å². The number of ether oxygens (including phenoxy) is 6. The van der Waals surface area contributed by atoms with E-state index >= 15 is 0 Å². The Morgan fingerprint density at radius 1 is 0.755 bits per heavy atom. The zero-order chi connectivity index (χ0) is 40.1. The third-order valence-corrected chi connectivity index (χ3v) is 9.18. The SMILES string of the molecule is CC(=O)N[C@H]1[C@H]([C@H](O)[C@H](O)CO)O[C@@](OC[C@H]2O[C@@H](O[C@@H]([C@H](O[C@@H]3O[C@@H](C)[C@@H](O)[C@@H](O)[C@@H]3O)[C@@H](O)CO)[C@H](O)CO)[C@H](O)[C@@H](O)[C@H]2O)(C(=O)O)C[C@@H]1O. The normalized spacial score (nSPS) is 41.5. The Labute approximate surface area is 300 Å². The Bertz CT molecular complexity index is 1170. The molecule has 0 unspecified atom stereocenters. The van der Waals surface area contributed by atoms with Gasteiger partial charge in [0.05, 0.1) is 44.7 Å². The Morgan fingerprint density at radius 3 is 1.72 bits per heavy atom. The summed E-state index contributed by atoms with van der Waals surface area (Å²) in [5.41, 5.74) is 0. The van der Waals surface area contributed by atoms with Crippen LogP contribution in [0.15, 0.2) is 0 Å². The predicted molar refractivity (Wildman–Crippen MR) is 163 cm³/mol. The molecule has 3 aliphatic rings. The number of carbonyl (C=O) groups is 2. The molecule has 0 spiro atoms. The number of rotatable bonds is 17. The van der Waals surface area contributed by atoms with E-state index < -0.39 is 167 Å². The van der Waals surface area contributed by atoms with Gasteiger partial charge in [0.25, 0.3) is 5.79 Å². The largest absolute Gasteiger partial charge is 0.477 e. The second kappa shape index (κ2) is 19.3. The van der Waals surface area contributed by atoms with Gasteiger partial charge in [-0.1, -0.05) is 0 Å². The summed E-state index contributed by atoms with van der Waals surface area (Å²) >= 11 is 0. The molecule has 310 valence electrons. The van der Waals surface area contributed by atoms with Gasteiger partial charge in [-0.05, 0) is 6.92 Å². The van der Waals surface area contributed by atoms with Crippen molar-refractivity contribution in [2.45, 2.75) is 142 Å². The fourth-order valence-corrected chi connectivity index (χ4v) is 6.08. The van der Waals surface area contributed by atoms with Gasteiger partial charge in [-0.25, -0.2) is 4.79 Å². The molecule has 3 saturated heterocycles. The lowest BCUT2D eigenvalue weighted by Gasteiger charge is -2.47. The van der Waals surface area contributed by atoms with Crippen LogP contribution in [0.3, 0.4) is 0 Å². The summed E-state index contributed by atoms with van der Waals surface area (Å²) in [6.07, 6.45) is -35.9. The van der Waals surface area contributed by atoms with Crippen molar-refractivity contribution in [3.05, 3.63) is 0 Å². The highest BCUT2D eigenvalue weighted by molar-refractivity contribution is 5.76. The third-order valence-electron chi connectivity index (χ3n) is 9.18. The van der Waals surface area contributed by atoms with Crippen LogP contribution in [0, 0.1) is 0 Å². The van der Waals surface area contributed by atoms with Crippen LogP contribution in [-0.2, 0) is 38.0 Å². The monoisotopic (exact) mass is 781 g/mol. The molecule has 0 aromatic heterocycles. The highest BCUT2D eigenvalue weighted by atomic mass is 16.8. The van der Waals surface area contributed by atoms with E-state index in [-0.39, 0.29) is 0 Å². The van der Waals surface area contributed by atoms with E-state index in [1.807, 2.05) is 0 Å². The number of carbonyl (C=O) groups excluding carboxylic acids is 1. The van der Waals surface area contributed by atoms with Crippen molar-refractivity contribution in [2.75, 3.05) is 26.4 Å². The number of aliphatic hydroxyl groups excluding tert-OH is 14. The van der Waals surface area contributed by atoms with Crippen LogP contribution in [0.25, 0.3) is 0 Å². The van der Waals surface area contributed by atoms with E-state index in [2.05, 4.69) is 5.32 Å². The van der Waals surface area contributed by atoms with Crippen molar-refractivity contribution < 1.29 is 115 Å². The molecule has 0 radical (unpaired) electrons. The predicted octanol–water partition coefficient (Wildman–Crippen LogP) is -9.74. The number of amides is 1. The minimum Gasteiger partial charge on any atom is -0.477 e. The van der Waals surface area contributed by atoms with Crippen LogP contribution in [0.2, 0.25) is 0 Å². The molecule has 0 aromatic rings. The quantitative estimate of drug-likeness (QED) is 0.0651. The average molecular weight is 782 g/mol. The highest BCUT2D eigenvalue weighted by Gasteiger charge is 2.57. The second-order valence-electron chi connectivity index (χ2n) is 13.1. The molecule has 3 fully saturated rings. The highest BCUT2D eigenvalue weighted by Crippen LogP contribution is 2.35. The van der Waals surface area contributed by atoms with Gasteiger partial charge in [-0.2, -0.15) is 0 Å². The van der Waals surface area contributed by atoms with Crippen molar-refractivity contribution >= 4 is 11.9 Å². The maximum atomic E-state index is 12.5. The lowest BCUT2D eigenvalue weighted by molar-refractivity contribution is -0.361. The molecular weight excluding hydrogens is 730 g/mol. The Balaban J connectivity index is 1.89. The van der Waals surface area contributed by atoms with Gasteiger partial charge in [0.1, 0.15) is 85.5 Å². The maximum Gasteiger partial charge on any atom is 0.364 e. The molecule has 53 heavy (non-hydrogen) atoms. The molecule has 16 N–H and O–H groups in total. The molecule has 3 aliphatic heterocycles. The Hall–Kier alpha value is -1.86. The maximum absolute atomic E-state index is 12.5. The van der Waals surface area contributed by atoms with Gasteiger partial charge in [0.2, 0.25) is 5.91 Å². The van der Waals surface area contributed by atoms with Gasteiger partial charge in [-0.3, -0.25) is 4.79 Å². The van der Waals surface area contributed by atoms with Crippen molar-refractivity contribution in [2.24, 2.45) is 0 Å². The average Bonchev–Trinajstić information content (AvgIpc) is 3.12. The summed E-state index contributed by atoms with van der Waals surface area (Å²) in [6.45, 7) is -2.07. The van der Waals surface area contributed by atoms with E-state index in [1.165, 1.54) is 6.92 Å². The van der Waals surface area contributed by atoms with Gasteiger partial charge in [0, 0.05) is 13.3 Å². The molecule has 0 aromatic carbocycles. The standard InChI is InChI=1S/C29H51NO23/c1-8-16(39)19(42)21(44)26(49-8)51-23(12(37)5-32)24(13(38)6-33)52-27-22(45)20(43)18(41)14(50-27)7-48-29(28(46)47)3-10(35)15(30-9(2)34)25(53-29)17(40)11(36)4-31/h8,10-27,31-33,35-45H,3-7H2,1-2H3,(H,30,34)(H,46,47)/t8-,10-,11+,12-,13+,14+,15+,16+,17+,18-,19+,20-,21-,22+,23+,24+,25+,26-,27-,29+/m0/s1. The number of aliphatic hydroxyl groups is 14. The number of nitrogens with one attached hydrogen (secondary N) is 1. The lowest BCUT2D eigenvalue weighted by atomic mass is 9.88. The number of hydrogen-bond acceptors (Lipinski definition) is 22. The van der Waals surface area contributed by atoms with E-state index in [9.17, 15) is 86.2 Å². The van der Waals surface area contributed by atoms with Crippen LogP contribution in [0.5, 0.6) is 0 Å². The first-order valence-corrected chi connectivity index (χ1v) is 16.5. The summed E-state index contributed by atoms with van der Waals surface area (Å²) in [5, 5.41) is 157. The fourth-order valence-electron chi connectivity index (χ4n) is 6.08. The van der Waals surface area contributed by atoms with Crippen LogP contribution in [0.1, 0.15) is 20.3 Å². The molecular formula is C29H51NO23. The molecule has 1 amide bonds. The lowest BCUT2D eigenvalue weighted by Crippen LogP contribution is -2.68. The Morgan fingerprint density at radius 2 is 1.25 bits per heavy atom. The van der Waals surface area contributed by atoms with Crippen LogP contribution < -0.4 is 5.32 Å². The first kappa shape index (κ1) is 45.5. The van der Waals surface area contributed by atoms with Crippen LogP contribution in [0.4, 0.5) is 0 Å². The zero-order valence-corrected chi connectivity index (χ0v) is 28.5. The van der Waals surface area contributed by atoms with Gasteiger partial charge < -0.3 is 110 Å². The summed E-state index contributed by atoms with van der Waals surface area (Å²) in [6, 6.07) is -1.54. The minimum absolute atomic E-state index is 0.758. The molecule has 0 aliphatic carbocycles. The second-order valence-corrected chi connectivity index (χ2v) is 13.1. The molecule has 0 bridgehead atoms. The summed E-state index contributed by atoms with van der Waals surface area (Å²) < 4.78 is 32.9. The third kappa shape index (κ3) is 10.3. The van der Waals surface area contributed by atoms with Crippen molar-refractivity contribution in [3.8, 4) is 0 Å². The topological polar surface area (TPSA) is 405 Å². The van der Waals surface area contributed by atoms with Gasteiger partial charge in [0.15, 0.2) is 12.6 Å². The van der Waals surface area contributed by atoms with Crippen LogP contribution >= 0.6 is 0 Å². The fraction of sp³-hybridized carbons (Fsp3) is 0.931. The molecule has 3 rings (SSSR count). The van der Waals surface area contributed by atoms with Crippen molar-refractivity contribution in [1.82, 2.24) is 5.32 Å².